The molecule has 12 heavy (non-hydrogen) atoms. The second kappa shape index (κ2) is 3.56. The van der Waals surface area contributed by atoms with Crippen molar-refractivity contribution in [3.63, 3.8) is 0 Å². The monoisotopic (exact) mass is 167 g/mol. The van der Waals surface area contributed by atoms with Crippen LogP contribution in [0.15, 0.2) is 0 Å². The summed E-state index contributed by atoms with van der Waals surface area (Å²) in [6, 6.07) is 0. The van der Waals surface area contributed by atoms with Crippen LogP contribution >= 0.6 is 0 Å². The van der Waals surface area contributed by atoms with Crippen LogP contribution in [0.2, 0.25) is 0 Å². The van der Waals surface area contributed by atoms with Crippen LogP contribution in [0, 0.1) is 11.8 Å². The van der Waals surface area contributed by atoms with E-state index in [4.69, 9.17) is 0 Å². The van der Waals surface area contributed by atoms with Crippen LogP contribution < -0.4 is 5.32 Å². The van der Waals surface area contributed by atoms with Crippen LogP contribution in [-0.2, 0) is 4.79 Å². The van der Waals surface area contributed by atoms with Gasteiger partial charge in [-0.1, -0.05) is 0 Å². The van der Waals surface area contributed by atoms with Crippen LogP contribution in [0.1, 0.15) is 32.1 Å². The zero-order valence-corrected chi connectivity index (χ0v) is 7.51. The highest BCUT2D eigenvalue weighted by Gasteiger charge is 2.28. The number of carbonyl (C=O) groups excluding carboxylic acids is 1. The fraction of sp³-hybridized carbons (Fsp3) is 0.900. The molecule has 0 bridgehead atoms. The van der Waals surface area contributed by atoms with Gasteiger partial charge >= 0.3 is 0 Å². The molecule has 2 aliphatic rings. The summed E-state index contributed by atoms with van der Waals surface area (Å²) in [5, 5.41) is 3.29. The van der Waals surface area contributed by atoms with E-state index in [0.29, 0.717) is 11.7 Å². The third-order valence-electron chi connectivity index (χ3n) is 2.94. The Bertz CT molecular complexity index is 169. The average Bonchev–Trinajstić information content (AvgIpc) is 2.90. The van der Waals surface area contributed by atoms with E-state index in [1.165, 1.54) is 19.3 Å². The van der Waals surface area contributed by atoms with Gasteiger partial charge in [-0.25, -0.2) is 0 Å². The largest absolute Gasteiger partial charge is 0.316 e. The van der Waals surface area contributed by atoms with E-state index in [1.54, 1.807) is 0 Å². The lowest BCUT2D eigenvalue weighted by Gasteiger charge is -2.21. The SMILES string of the molecule is O=C(CC1CC1)C1CCCNC1. The number of hydrogen-bond acceptors (Lipinski definition) is 2. The third-order valence-corrected chi connectivity index (χ3v) is 2.94. The summed E-state index contributed by atoms with van der Waals surface area (Å²) >= 11 is 0. The second-order valence-electron chi connectivity index (χ2n) is 4.16. The molecule has 1 N–H and O–H groups in total. The Morgan fingerprint density at radius 2 is 2.17 bits per heavy atom. The molecule has 0 aromatic rings. The number of piperidine rings is 1. The van der Waals surface area contributed by atoms with Gasteiger partial charge in [0.2, 0.25) is 0 Å². The summed E-state index contributed by atoms with van der Waals surface area (Å²) in [5.74, 6) is 1.63. The molecule has 0 amide bonds. The minimum absolute atomic E-state index is 0.347. The predicted octanol–water partition coefficient (Wildman–Crippen LogP) is 1.36. The van der Waals surface area contributed by atoms with E-state index in [0.717, 1.165) is 31.8 Å². The van der Waals surface area contributed by atoms with Crippen molar-refractivity contribution < 1.29 is 4.79 Å². The molecule has 0 spiro atoms. The summed E-state index contributed by atoms with van der Waals surface area (Å²) in [6.45, 7) is 2.04. The predicted molar refractivity (Wildman–Crippen MR) is 47.9 cm³/mol. The lowest BCUT2D eigenvalue weighted by atomic mass is 9.92. The Morgan fingerprint density at radius 1 is 1.33 bits per heavy atom. The number of carbonyl (C=O) groups is 1. The number of rotatable bonds is 3. The van der Waals surface area contributed by atoms with Gasteiger partial charge < -0.3 is 5.32 Å². The van der Waals surface area contributed by atoms with E-state index < -0.39 is 0 Å². The third kappa shape index (κ3) is 2.07. The first-order valence-electron chi connectivity index (χ1n) is 5.09. The van der Waals surface area contributed by atoms with E-state index in [9.17, 15) is 4.79 Å². The summed E-state index contributed by atoms with van der Waals surface area (Å²) in [7, 11) is 0. The molecule has 2 nitrogen and oxygen atoms in total. The maximum atomic E-state index is 11.6. The highest BCUT2D eigenvalue weighted by Crippen LogP contribution is 2.34. The normalized spacial score (nSPS) is 30.2. The standard InChI is InChI=1S/C10H17NO/c12-10(6-8-3-4-8)9-2-1-5-11-7-9/h8-9,11H,1-7H2. The molecule has 0 aromatic heterocycles. The molecule has 1 aliphatic carbocycles. The van der Waals surface area contributed by atoms with E-state index in [-0.39, 0.29) is 0 Å². The maximum Gasteiger partial charge on any atom is 0.137 e. The topological polar surface area (TPSA) is 29.1 Å². The van der Waals surface area contributed by atoms with Gasteiger partial charge in [0.15, 0.2) is 0 Å². The molecule has 0 aromatic carbocycles. The molecule has 68 valence electrons. The molecule has 1 unspecified atom stereocenters. The Labute approximate surface area is 73.7 Å². The second-order valence-corrected chi connectivity index (χ2v) is 4.16. The summed E-state index contributed by atoms with van der Waals surface area (Å²) < 4.78 is 0. The van der Waals surface area contributed by atoms with Crippen molar-refractivity contribution in [2.45, 2.75) is 32.1 Å². The van der Waals surface area contributed by atoms with Gasteiger partial charge in [-0.2, -0.15) is 0 Å². The number of nitrogens with one attached hydrogen (secondary N) is 1. The van der Waals surface area contributed by atoms with Crippen molar-refractivity contribution in [1.82, 2.24) is 5.32 Å². The fourth-order valence-electron chi connectivity index (χ4n) is 1.90. The van der Waals surface area contributed by atoms with Crippen LogP contribution in [-0.4, -0.2) is 18.9 Å². The molecule has 2 rings (SSSR count). The van der Waals surface area contributed by atoms with E-state index in [1.807, 2.05) is 0 Å². The van der Waals surface area contributed by atoms with Crippen molar-refractivity contribution in [2.75, 3.05) is 13.1 Å². The van der Waals surface area contributed by atoms with Gasteiger partial charge in [0, 0.05) is 18.9 Å². The number of Topliss-reactive ketones (excluding diaryl/α,β-unsaturated/α-hetero) is 1. The zero-order valence-electron chi connectivity index (χ0n) is 7.51. The lowest BCUT2D eigenvalue weighted by molar-refractivity contribution is -0.123. The quantitative estimate of drug-likeness (QED) is 0.687. The molecule has 2 fully saturated rings. The van der Waals surface area contributed by atoms with Gasteiger partial charge in [0.25, 0.3) is 0 Å². The highest BCUT2D eigenvalue weighted by atomic mass is 16.1. The van der Waals surface area contributed by atoms with Crippen LogP contribution in [0.25, 0.3) is 0 Å². The molecule has 2 heteroatoms. The van der Waals surface area contributed by atoms with E-state index in [2.05, 4.69) is 5.32 Å². The smallest absolute Gasteiger partial charge is 0.137 e. The van der Waals surface area contributed by atoms with Gasteiger partial charge in [-0.15, -0.1) is 0 Å². The number of ketones is 1. The summed E-state index contributed by atoms with van der Waals surface area (Å²) in [6.07, 6.45) is 5.77. The van der Waals surface area contributed by atoms with Gasteiger partial charge in [0.05, 0.1) is 0 Å². The van der Waals surface area contributed by atoms with Gasteiger partial charge in [-0.05, 0) is 38.1 Å². The van der Waals surface area contributed by atoms with Crippen molar-refractivity contribution >= 4 is 5.78 Å². The summed E-state index contributed by atoms with van der Waals surface area (Å²) in [4.78, 5) is 11.6. The Balaban J connectivity index is 1.76. The lowest BCUT2D eigenvalue weighted by Crippen LogP contribution is -2.34. The molecule has 0 radical (unpaired) electrons. The molecular formula is C10H17NO. The van der Waals surface area contributed by atoms with Gasteiger partial charge in [0.1, 0.15) is 5.78 Å². The first-order valence-corrected chi connectivity index (χ1v) is 5.09. The van der Waals surface area contributed by atoms with E-state index >= 15 is 0 Å². The molecule has 1 saturated heterocycles. The van der Waals surface area contributed by atoms with Crippen LogP contribution in [0.5, 0.6) is 0 Å². The Kier molecular flexibility index (Phi) is 2.45. The van der Waals surface area contributed by atoms with Crippen molar-refractivity contribution in [2.24, 2.45) is 11.8 Å². The first-order chi connectivity index (χ1) is 5.86. The molecule has 1 saturated carbocycles. The first kappa shape index (κ1) is 8.24. The average molecular weight is 167 g/mol. The Hall–Kier alpha value is -0.370. The van der Waals surface area contributed by atoms with Crippen molar-refractivity contribution in [3.8, 4) is 0 Å². The molecular weight excluding hydrogens is 150 g/mol. The molecule has 1 aliphatic heterocycles. The summed E-state index contributed by atoms with van der Waals surface area (Å²) in [5.41, 5.74) is 0. The van der Waals surface area contributed by atoms with Gasteiger partial charge in [-0.3, -0.25) is 4.79 Å². The minimum Gasteiger partial charge on any atom is -0.316 e. The fourth-order valence-corrected chi connectivity index (χ4v) is 1.90. The van der Waals surface area contributed by atoms with Crippen LogP contribution in [0.4, 0.5) is 0 Å². The highest BCUT2D eigenvalue weighted by molar-refractivity contribution is 5.81. The number of hydrogen-bond donors (Lipinski definition) is 1. The minimum atomic E-state index is 0.347. The molecule has 1 heterocycles. The van der Waals surface area contributed by atoms with Crippen molar-refractivity contribution in [1.29, 1.82) is 0 Å². The zero-order chi connectivity index (χ0) is 8.39. The maximum absolute atomic E-state index is 11.6. The molecule has 1 atom stereocenters. The van der Waals surface area contributed by atoms with Crippen molar-refractivity contribution in [3.05, 3.63) is 0 Å². The Morgan fingerprint density at radius 3 is 2.75 bits per heavy atom. The van der Waals surface area contributed by atoms with Crippen LogP contribution in [0.3, 0.4) is 0 Å².